The minimum atomic E-state index is -0.153. The number of rotatable bonds is 1. The number of carbonyl (C=O) groups is 1. The maximum Gasteiger partial charge on any atom is 0.257 e. The fourth-order valence-electron chi connectivity index (χ4n) is 2.27. The van der Waals surface area contributed by atoms with Crippen LogP contribution in [0.15, 0.2) is 18.3 Å². The van der Waals surface area contributed by atoms with Gasteiger partial charge in [-0.3, -0.25) is 4.79 Å². The SMILES string of the molecule is Cc1cc(C)c(C=C2C(=O)Nc3ncc(N)cc32)[nH]1. The average molecular weight is 254 g/mol. The Balaban J connectivity index is 2.14. The van der Waals surface area contributed by atoms with Gasteiger partial charge in [0.05, 0.1) is 17.5 Å². The molecular formula is C14H14N4O. The molecule has 96 valence electrons. The molecule has 3 heterocycles. The molecule has 4 N–H and O–H groups in total. The molecule has 0 atom stereocenters. The lowest BCUT2D eigenvalue weighted by molar-refractivity contribution is -0.110. The number of aryl methyl sites for hydroxylation is 2. The van der Waals surface area contributed by atoms with Crippen LogP contribution in [0.5, 0.6) is 0 Å². The van der Waals surface area contributed by atoms with Gasteiger partial charge in [0.1, 0.15) is 5.82 Å². The molecule has 0 radical (unpaired) electrons. The first-order chi connectivity index (χ1) is 9.04. The minimum absolute atomic E-state index is 0.153. The Bertz CT molecular complexity index is 712. The van der Waals surface area contributed by atoms with Gasteiger partial charge in [-0.05, 0) is 37.6 Å². The molecule has 0 aromatic carbocycles. The Hall–Kier alpha value is -2.56. The number of H-pyrrole nitrogens is 1. The summed E-state index contributed by atoms with van der Waals surface area (Å²) in [6.45, 7) is 3.98. The summed E-state index contributed by atoms with van der Waals surface area (Å²) < 4.78 is 0. The fourth-order valence-corrected chi connectivity index (χ4v) is 2.27. The van der Waals surface area contributed by atoms with Gasteiger partial charge in [0.2, 0.25) is 0 Å². The van der Waals surface area contributed by atoms with Crippen LogP contribution in [0.25, 0.3) is 11.6 Å². The van der Waals surface area contributed by atoms with Crippen LogP contribution < -0.4 is 11.1 Å². The first-order valence-corrected chi connectivity index (χ1v) is 6.00. The highest BCUT2D eigenvalue weighted by Gasteiger charge is 2.25. The van der Waals surface area contributed by atoms with Crippen molar-refractivity contribution in [2.45, 2.75) is 13.8 Å². The Morgan fingerprint density at radius 1 is 1.32 bits per heavy atom. The van der Waals surface area contributed by atoms with Gasteiger partial charge < -0.3 is 16.0 Å². The van der Waals surface area contributed by atoms with Crippen molar-refractivity contribution in [2.75, 3.05) is 11.1 Å². The van der Waals surface area contributed by atoms with Crippen LogP contribution in [0.4, 0.5) is 11.5 Å². The highest BCUT2D eigenvalue weighted by Crippen LogP contribution is 2.32. The van der Waals surface area contributed by atoms with E-state index in [1.165, 1.54) is 6.20 Å². The average Bonchev–Trinajstić information content (AvgIpc) is 2.81. The summed E-state index contributed by atoms with van der Waals surface area (Å²) in [6, 6.07) is 3.80. The molecule has 0 aliphatic carbocycles. The minimum Gasteiger partial charge on any atom is -0.397 e. The quantitative estimate of drug-likeness (QED) is 0.681. The Labute approximate surface area is 110 Å². The smallest absolute Gasteiger partial charge is 0.257 e. The van der Waals surface area contributed by atoms with Gasteiger partial charge in [0.15, 0.2) is 0 Å². The van der Waals surface area contributed by atoms with Gasteiger partial charge in [0.25, 0.3) is 5.91 Å². The van der Waals surface area contributed by atoms with Gasteiger partial charge in [-0.15, -0.1) is 0 Å². The van der Waals surface area contributed by atoms with Crippen molar-refractivity contribution in [3.05, 3.63) is 40.8 Å². The number of hydrogen-bond acceptors (Lipinski definition) is 3. The van der Waals surface area contributed by atoms with Crippen molar-refractivity contribution in [3.63, 3.8) is 0 Å². The van der Waals surface area contributed by atoms with E-state index in [0.29, 0.717) is 17.1 Å². The number of aromatic amines is 1. The molecule has 1 aliphatic rings. The van der Waals surface area contributed by atoms with E-state index in [2.05, 4.69) is 15.3 Å². The molecule has 0 saturated carbocycles. The van der Waals surface area contributed by atoms with Crippen molar-refractivity contribution in [2.24, 2.45) is 0 Å². The first-order valence-electron chi connectivity index (χ1n) is 6.00. The summed E-state index contributed by atoms with van der Waals surface area (Å²) in [4.78, 5) is 19.3. The number of pyridine rings is 1. The van der Waals surface area contributed by atoms with Crippen LogP contribution in [0.1, 0.15) is 22.5 Å². The second-order valence-corrected chi connectivity index (χ2v) is 4.73. The molecule has 0 bridgehead atoms. The summed E-state index contributed by atoms with van der Waals surface area (Å²) in [5.74, 6) is 0.408. The summed E-state index contributed by atoms with van der Waals surface area (Å²) in [5.41, 5.74) is 10.7. The lowest BCUT2D eigenvalue weighted by Gasteiger charge is -1.99. The lowest BCUT2D eigenvalue weighted by Crippen LogP contribution is -2.04. The van der Waals surface area contributed by atoms with Crippen LogP contribution in [0.3, 0.4) is 0 Å². The van der Waals surface area contributed by atoms with Crippen molar-refractivity contribution in [1.82, 2.24) is 9.97 Å². The molecule has 5 heteroatoms. The molecule has 0 fully saturated rings. The number of nitrogens with two attached hydrogens (primary N) is 1. The van der Waals surface area contributed by atoms with Crippen LogP contribution in [-0.4, -0.2) is 15.9 Å². The van der Waals surface area contributed by atoms with E-state index in [9.17, 15) is 4.79 Å². The van der Waals surface area contributed by atoms with E-state index < -0.39 is 0 Å². The molecule has 5 nitrogen and oxygen atoms in total. The predicted octanol–water partition coefficient (Wildman–Crippen LogP) is 2.10. The number of fused-ring (bicyclic) bond motifs is 1. The topological polar surface area (TPSA) is 83.8 Å². The van der Waals surface area contributed by atoms with Crippen molar-refractivity contribution in [3.8, 4) is 0 Å². The third-order valence-electron chi connectivity index (χ3n) is 3.15. The zero-order valence-corrected chi connectivity index (χ0v) is 10.7. The van der Waals surface area contributed by atoms with Gasteiger partial charge in [-0.1, -0.05) is 0 Å². The number of nitrogen functional groups attached to an aromatic ring is 1. The lowest BCUT2D eigenvalue weighted by atomic mass is 10.1. The zero-order valence-electron chi connectivity index (χ0n) is 10.7. The fraction of sp³-hybridized carbons (Fsp3) is 0.143. The van der Waals surface area contributed by atoms with Gasteiger partial charge >= 0.3 is 0 Å². The standard InChI is InChI=1S/C14H14N4O/c1-7-3-8(2)17-12(7)5-11-10-4-9(15)6-16-13(10)18-14(11)19/h3-6,17H,15H2,1-2H3,(H,16,18,19). The first kappa shape index (κ1) is 11.5. The Kier molecular flexibility index (Phi) is 2.41. The van der Waals surface area contributed by atoms with Crippen LogP contribution in [0, 0.1) is 13.8 Å². The third-order valence-corrected chi connectivity index (χ3v) is 3.15. The number of aromatic nitrogens is 2. The number of nitrogens with zero attached hydrogens (tertiary/aromatic N) is 1. The molecule has 2 aromatic heterocycles. The monoisotopic (exact) mass is 254 g/mol. The Morgan fingerprint density at radius 2 is 2.11 bits per heavy atom. The number of anilines is 2. The molecule has 2 aromatic rings. The maximum absolute atomic E-state index is 12.0. The largest absolute Gasteiger partial charge is 0.397 e. The summed E-state index contributed by atoms with van der Waals surface area (Å²) in [6.07, 6.45) is 3.37. The second kappa shape index (κ2) is 3.98. The molecule has 19 heavy (non-hydrogen) atoms. The predicted molar refractivity (Wildman–Crippen MR) is 75.4 cm³/mol. The molecule has 0 unspecified atom stereocenters. The van der Waals surface area contributed by atoms with E-state index in [1.54, 1.807) is 6.07 Å². The van der Waals surface area contributed by atoms with E-state index in [1.807, 2.05) is 26.0 Å². The maximum atomic E-state index is 12.0. The Morgan fingerprint density at radius 3 is 2.79 bits per heavy atom. The second-order valence-electron chi connectivity index (χ2n) is 4.73. The number of amides is 1. The van der Waals surface area contributed by atoms with Gasteiger partial charge in [-0.25, -0.2) is 4.98 Å². The summed E-state index contributed by atoms with van der Waals surface area (Å²) in [7, 11) is 0. The highest BCUT2D eigenvalue weighted by molar-refractivity contribution is 6.34. The third kappa shape index (κ3) is 1.89. The van der Waals surface area contributed by atoms with Crippen molar-refractivity contribution >= 4 is 29.1 Å². The number of carbonyl (C=O) groups excluding carboxylic acids is 1. The number of nitrogens with one attached hydrogen (secondary N) is 2. The van der Waals surface area contributed by atoms with E-state index in [4.69, 9.17) is 5.73 Å². The number of hydrogen-bond donors (Lipinski definition) is 3. The molecule has 0 saturated heterocycles. The molecular weight excluding hydrogens is 240 g/mol. The van der Waals surface area contributed by atoms with Gasteiger partial charge in [0, 0.05) is 17.0 Å². The molecule has 1 aliphatic heterocycles. The molecule has 0 spiro atoms. The molecule has 3 rings (SSSR count). The van der Waals surface area contributed by atoms with E-state index in [-0.39, 0.29) is 5.91 Å². The van der Waals surface area contributed by atoms with Crippen molar-refractivity contribution < 1.29 is 4.79 Å². The van der Waals surface area contributed by atoms with Crippen LogP contribution >= 0.6 is 0 Å². The van der Waals surface area contributed by atoms with Gasteiger partial charge in [-0.2, -0.15) is 0 Å². The van der Waals surface area contributed by atoms with E-state index in [0.717, 1.165) is 22.5 Å². The summed E-state index contributed by atoms with van der Waals surface area (Å²) >= 11 is 0. The van der Waals surface area contributed by atoms with Crippen LogP contribution in [-0.2, 0) is 4.79 Å². The van der Waals surface area contributed by atoms with Crippen molar-refractivity contribution in [1.29, 1.82) is 0 Å². The molecule has 1 amide bonds. The zero-order chi connectivity index (χ0) is 13.6. The van der Waals surface area contributed by atoms with Crippen LogP contribution in [0.2, 0.25) is 0 Å². The summed E-state index contributed by atoms with van der Waals surface area (Å²) in [5, 5.41) is 2.73. The van der Waals surface area contributed by atoms with E-state index >= 15 is 0 Å². The highest BCUT2D eigenvalue weighted by atomic mass is 16.2. The normalized spacial score (nSPS) is 15.7.